The minimum atomic E-state index is -0.448. The first-order chi connectivity index (χ1) is 11.6. The third-order valence-electron chi connectivity index (χ3n) is 5.94. The highest BCUT2D eigenvalue weighted by Crippen LogP contribution is 2.36. The van der Waals surface area contributed by atoms with E-state index in [1.807, 2.05) is 64.8 Å². The summed E-state index contributed by atoms with van der Waals surface area (Å²) in [6.45, 7) is 12.0. The lowest BCUT2D eigenvalue weighted by Gasteiger charge is -2.32. The monoisotopic (exact) mass is 344 g/mol. The zero-order valence-corrected chi connectivity index (χ0v) is 16.2. The van der Waals surface area contributed by atoms with E-state index >= 15 is 0 Å². The summed E-state index contributed by atoms with van der Waals surface area (Å²) in [7, 11) is 1.44. The van der Waals surface area contributed by atoms with Crippen LogP contribution in [0.1, 0.15) is 50.0 Å². The van der Waals surface area contributed by atoms with Gasteiger partial charge in [0.25, 0.3) is 5.91 Å². The molecule has 1 aromatic carbocycles. The molecule has 0 bridgehead atoms. The highest BCUT2D eigenvalue weighted by Gasteiger charge is 2.52. The lowest BCUT2D eigenvalue weighted by molar-refractivity contribution is 0.00578. The summed E-state index contributed by atoms with van der Waals surface area (Å²) >= 11 is 0. The number of hydrogen-bond donors (Lipinski definition) is 1. The summed E-state index contributed by atoms with van der Waals surface area (Å²) in [5.41, 5.74) is 1.90. The summed E-state index contributed by atoms with van der Waals surface area (Å²) in [6.07, 6.45) is 0.998. The molecule has 1 N–H and O–H groups in total. The maximum absolute atomic E-state index is 12.9. The van der Waals surface area contributed by atoms with E-state index in [9.17, 15) is 4.79 Å². The first-order valence-corrected chi connectivity index (χ1v) is 9.06. The fourth-order valence-corrected chi connectivity index (χ4v) is 3.34. The Bertz CT molecular complexity index is 653. The van der Waals surface area contributed by atoms with Crippen LogP contribution in [0.5, 0.6) is 0 Å². The number of nitrogens with zero attached hydrogens (tertiary/aromatic N) is 1. The minimum absolute atomic E-state index is 0.0477. The van der Waals surface area contributed by atoms with Gasteiger partial charge in [-0.3, -0.25) is 4.79 Å². The molecule has 2 aliphatic heterocycles. The van der Waals surface area contributed by atoms with Crippen molar-refractivity contribution in [3.05, 3.63) is 29.3 Å². The SMILES string of the molecule is Cc1ccc(C(=O)N(C)[C@@H]2CCNC2)cc1B1OC(C)(C)C(C)(C)O1. The lowest BCUT2D eigenvalue weighted by Crippen LogP contribution is -2.41. The number of benzene rings is 1. The van der Waals surface area contributed by atoms with Crippen molar-refractivity contribution in [2.75, 3.05) is 20.1 Å². The Morgan fingerprint density at radius 1 is 1.24 bits per heavy atom. The fraction of sp³-hybridized carbons (Fsp3) is 0.632. The largest absolute Gasteiger partial charge is 0.495 e. The minimum Gasteiger partial charge on any atom is -0.399 e. The number of nitrogens with one attached hydrogen (secondary N) is 1. The molecule has 2 heterocycles. The van der Waals surface area contributed by atoms with Crippen molar-refractivity contribution in [3.8, 4) is 0 Å². The zero-order chi connectivity index (χ0) is 18.4. The van der Waals surface area contributed by atoms with Crippen LogP contribution in [-0.4, -0.2) is 55.3 Å². The Labute approximate surface area is 151 Å². The highest BCUT2D eigenvalue weighted by molar-refractivity contribution is 6.62. The summed E-state index contributed by atoms with van der Waals surface area (Å²) in [6, 6.07) is 6.06. The van der Waals surface area contributed by atoms with Gasteiger partial charge in [0.15, 0.2) is 0 Å². The Kier molecular flexibility index (Phi) is 4.73. The van der Waals surface area contributed by atoms with E-state index in [1.165, 1.54) is 0 Å². The molecule has 0 saturated carbocycles. The van der Waals surface area contributed by atoms with E-state index in [0.717, 1.165) is 30.5 Å². The quantitative estimate of drug-likeness (QED) is 0.849. The summed E-state index contributed by atoms with van der Waals surface area (Å²) in [5.74, 6) is 0.0477. The third kappa shape index (κ3) is 3.35. The van der Waals surface area contributed by atoms with Gasteiger partial charge in [-0.05, 0) is 65.2 Å². The Morgan fingerprint density at radius 3 is 2.44 bits per heavy atom. The van der Waals surface area contributed by atoms with Gasteiger partial charge in [0.2, 0.25) is 0 Å². The van der Waals surface area contributed by atoms with Gasteiger partial charge in [-0.25, -0.2) is 0 Å². The van der Waals surface area contributed by atoms with Crippen molar-refractivity contribution in [2.45, 2.75) is 58.3 Å². The smallest absolute Gasteiger partial charge is 0.399 e. The summed E-state index contributed by atoms with van der Waals surface area (Å²) in [5, 5.41) is 3.31. The number of carbonyl (C=O) groups excluding carboxylic acids is 1. The van der Waals surface area contributed by atoms with Crippen molar-refractivity contribution >= 4 is 18.5 Å². The molecule has 2 aliphatic rings. The molecule has 0 aromatic heterocycles. The fourth-order valence-electron chi connectivity index (χ4n) is 3.34. The van der Waals surface area contributed by atoms with Crippen LogP contribution in [0.15, 0.2) is 18.2 Å². The van der Waals surface area contributed by atoms with Crippen LogP contribution in [0.3, 0.4) is 0 Å². The molecular weight excluding hydrogens is 315 g/mol. The van der Waals surface area contributed by atoms with Crippen LogP contribution in [-0.2, 0) is 9.31 Å². The Morgan fingerprint density at radius 2 is 1.88 bits per heavy atom. The standard InChI is InChI=1S/C19H29BN2O3/c1-13-7-8-14(17(23)22(6)15-9-10-21-12-15)11-16(13)20-24-18(2,3)19(4,5)25-20/h7-8,11,15,21H,9-10,12H2,1-6H3/t15-/m1/s1. The first-order valence-electron chi connectivity index (χ1n) is 9.06. The molecular formula is C19H29BN2O3. The van der Waals surface area contributed by atoms with Crippen LogP contribution < -0.4 is 10.8 Å². The molecule has 0 radical (unpaired) electrons. The average molecular weight is 344 g/mol. The predicted octanol–water partition coefficient (Wildman–Crippen LogP) is 1.73. The molecule has 1 aromatic rings. The topological polar surface area (TPSA) is 50.8 Å². The number of likely N-dealkylation sites (N-methyl/N-ethyl adjacent to an activating group) is 1. The van der Waals surface area contributed by atoms with E-state index in [0.29, 0.717) is 5.56 Å². The van der Waals surface area contributed by atoms with Crippen LogP contribution in [0.25, 0.3) is 0 Å². The van der Waals surface area contributed by atoms with Gasteiger partial charge in [-0.2, -0.15) is 0 Å². The first kappa shape index (κ1) is 18.4. The summed E-state index contributed by atoms with van der Waals surface area (Å²) in [4.78, 5) is 14.7. The van der Waals surface area contributed by atoms with Crippen LogP contribution >= 0.6 is 0 Å². The van der Waals surface area contributed by atoms with Crippen molar-refractivity contribution < 1.29 is 14.1 Å². The lowest BCUT2D eigenvalue weighted by atomic mass is 9.75. The number of rotatable bonds is 3. The second-order valence-electron chi connectivity index (χ2n) is 8.22. The van der Waals surface area contributed by atoms with Crippen LogP contribution in [0.2, 0.25) is 0 Å². The molecule has 25 heavy (non-hydrogen) atoms. The molecule has 1 amide bonds. The molecule has 5 nitrogen and oxygen atoms in total. The van der Waals surface area contributed by atoms with Crippen LogP contribution in [0, 0.1) is 6.92 Å². The molecule has 136 valence electrons. The van der Waals surface area contributed by atoms with Gasteiger partial charge in [-0.15, -0.1) is 0 Å². The van der Waals surface area contributed by atoms with Gasteiger partial charge in [0, 0.05) is 25.2 Å². The number of aryl methyl sites for hydroxylation is 1. The Balaban J connectivity index is 1.85. The van der Waals surface area contributed by atoms with Crippen LogP contribution in [0.4, 0.5) is 0 Å². The van der Waals surface area contributed by atoms with Crippen molar-refractivity contribution in [2.24, 2.45) is 0 Å². The normalized spacial score (nSPS) is 24.6. The van der Waals surface area contributed by atoms with Gasteiger partial charge in [0.05, 0.1) is 11.2 Å². The molecule has 1 atom stereocenters. The van der Waals surface area contributed by atoms with Gasteiger partial charge in [0.1, 0.15) is 0 Å². The number of carbonyl (C=O) groups is 1. The molecule has 0 unspecified atom stereocenters. The highest BCUT2D eigenvalue weighted by atomic mass is 16.7. The second-order valence-corrected chi connectivity index (χ2v) is 8.22. The zero-order valence-electron chi connectivity index (χ0n) is 16.2. The Hall–Kier alpha value is -1.37. The van der Waals surface area contributed by atoms with E-state index in [2.05, 4.69) is 5.32 Å². The number of amides is 1. The molecule has 6 heteroatoms. The number of hydrogen-bond acceptors (Lipinski definition) is 4. The van der Waals surface area contributed by atoms with E-state index < -0.39 is 18.3 Å². The maximum Gasteiger partial charge on any atom is 0.495 e. The van der Waals surface area contributed by atoms with E-state index in [1.54, 1.807) is 0 Å². The predicted molar refractivity (Wildman–Crippen MR) is 100 cm³/mol. The van der Waals surface area contributed by atoms with Gasteiger partial charge in [-0.1, -0.05) is 11.6 Å². The molecule has 3 rings (SSSR count). The van der Waals surface area contributed by atoms with Crippen molar-refractivity contribution in [3.63, 3.8) is 0 Å². The van der Waals surface area contributed by atoms with Gasteiger partial charge < -0.3 is 19.5 Å². The average Bonchev–Trinajstić information content (AvgIpc) is 3.13. The molecule has 0 spiro atoms. The molecule has 2 fully saturated rings. The summed E-state index contributed by atoms with van der Waals surface area (Å²) < 4.78 is 12.3. The molecule has 0 aliphatic carbocycles. The van der Waals surface area contributed by atoms with E-state index in [4.69, 9.17) is 9.31 Å². The molecule has 2 saturated heterocycles. The van der Waals surface area contributed by atoms with E-state index in [-0.39, 0.29) is 11.9 Å². The second kappa shape index (κ2) is 6.42. The third-order valence-corrected chi connectivity index (χ3v) is 5.94. The van der Waals surface area contributed by atoms with Gasteiger partial charge >= 0.3 is 7.12 Å². The van der Waals surface area contributed by atoms with Crippen molar-refractivity contribution in [1.29, 1.82) is 0 Å². The maximum atomic E-state index is 12.9. The van der Waals surface area contributed by atoms with Crippen molar-refractivity contribution in [1.82, 2.24) is 10.2 Å².